The van der Waals surface area contributed by atoms with Crippen molar-refractivity contribution in [1.29, 1.82) is 0 Å². The van der Waals surface area contributed by atoms with Gasteiger partial charge in [0, 0.05) is 20.1 Å². The molecule has 1 aliphatic heterocycles. The molecule has 27 heavy (non-hydrogen) atoms. The normalized spacial score (nSPS) is 16.3. The molecule has 2 heterocycles. The van der Waals surface area contributed by atoms with Crippen molar-refractivity contribution in [2.45, 2.75) is 45.2 Å². The third-order valence-electron chi connectivity index (χ3n) is 4.94. The molecule has 0 radical (unpaired) electrons. The lowest BCUT2D eigenvalue weighted by atomic mass is 10.1. The quantitative estimate of drug-likeness (QED) is 0.659. The van der Waals surface area contributed by atoms with Gasteiger partial charge >= 0.3 is 0 Å². The second kappa shape index (κ2) is 9.71. The molecular formula is C20H32N6O. The number of anilines is 1. The summed E-state index contributed by atoms with van der Waals surface area (Å²) in [6, 6.07) is 8.35. The van der Waals surface area contributed by atoms with Gasteiger partial charge in [-0.1, -0.05) is 18.6 Å². The van der Waals surface area contributed by atoms with Gasteiger partial charge in [-0.15, -0.1) is 10.2 Å². The van der Waals surface area contributed by atoms with E-state index in [0.29, 0.717) is 6.61 Å². The van der Waals surface area contributed by atoms with Crippen molar-refractivity contribution >= 4 is 5.95 Å². The molecule has 7 nitrogen and oxygen atoms in total. The SMILES string of the molecule is CC(N)c1nnc(NCCCOc2cccc(CN3CCCCC3)c2)n1C. The van der Waals surface area contributed by atoms with Gasteiger partial charge in [0.1, 0.15) is 5.75 Å². The highest BCUT2D eigenvalue weighted by molar-refractivity contribution is 5.29. The third-order valence-corrected chi connectivity index (χ3v) is 4.94. The standard InChI is InChI=1S/C20H32N6O/c1-16(21)19-23-24-20(25(19)2)22-10-7-13-27-18-9-6-8-17(14-18)15-26-11-4-3-5-12-26/h6,8-9,14,16H,3-5,7,10-13,15,21H2,1-2H3,(H,22,24). The second-order valence-electron chi connectivity index (χ2n) is 7.34. The summed E-state index contributed by atoms with van der Waals surface area (Å²) in [5.41, 5.74) is 7.19. The van der Waals surface area contributed by atoms with Crippen molar-refractivity contribution in [3.8, 4) is 5.75 Å². The van der Waals surface area contributed by atoms with Gasteiger partial charge in [0.2, 0.25) is 5.95 Å². The van der Waals surface area contributed by atoms with Crippen LogP contribution in [0.4, 0.5) is 5.95 Å². The van der Waals surface area contributed by atoms with Gasteiger partial charge in [0.15, 0.2) is 5.82 Å². The van der Waals surface area contributed by atoms with E-state index in [4.69, 9.17) is 10.5 Å². The topological polar surface area (TPSA) is 81.2 Å². The second-order valence-corrected chi connectivity index (χ2v) is 7.34. The van der Waals surface area contributed by atoms with Crippen molar-refractivity contribution in [3.63, 3.8) is 0 Å². The summed E-state index contributed by atoms with van der Waals surface area (Å²) in [4.78, 5) is 2.53. The molecule has 0 amide bonds. The molecule has 1 aliphatic rings. The van der Waals surface area contributed by atoms with E-state index in [0.717, 1.165) is 37.0 Å². The smallest absolute Gasteiger partial charge is 0.224 e. The molecule has 0 saturated carbocycles. The number of rotatable bonds is 9. The summed E-state index contributed by atoms with van der Waals surface area (Å²) < 4.78 is 7.82. The number of nitrogens with zero attached hydrogens (tertiary/aromatic N) is 4. The molecule has 0 aliphatic carbocycles. The van der Waals surface area contributed by atoms with E-state index in [2.05, 4.69) is 38.6 Å². The van der Waals surface area contributed by atoms with E-state index < -0.39 is 0 Å². The summed E-state index contributed by atoms with van der Waals surface area (Å²) in [5, 5.41) is 11.5. The van der Waals surface area contributed by atoms with Gasteiger partial charge < -0.3 is 15.8 Å². The van der Waals surface area contributed by atoms with E-state index in [1.54, 1.807) is 0 Å². The first-order valence-corrected chi connectivity index (χ1v) is 9.96. The molecule has 148 valence electrons. The number of nitrogens with one attached hydrogen (secondary N) is 1. The van der Waals surface area contributed by atoms with Crippen LogP contribution in [-0.4, -0.2) is 45.9 Å². The molecule has 7 heteroatoms. The molecule has 1 unspecified atom stereocenters. The molecule has 2 aromatic rings. The summed E-state index contributed by atoms with van der Waals surface area (Å²) in [7, 11) is 1.92. The largest absolute Gasteiger partial charge is 0.494 e. The Bertz CT molecular complexity index is 708. The van der Waals surface area contributed by atoms with Crippen LogP contribution in [0.3, 0.4) is 0 Å². The number of benzene rings is 1. The van der Waals surface area contributed by atoms with E-state index in [1.165, 1.54) is 37.9 Å². The fraction of sp³-hybridized carbons (Fsp3) is 0.600. The summed E-state index contributed by atoms with van der Waals surface area (Å²) in [6.07, 6.45) is 4.89. The van der Waals surface area contributed by atoms with Crippen LogP contribution < -0.4 is 15.8 Å². The molecule has 3 rings (SSSR count). The Hall–Kier alpha value is -2.12. The maximum Gasteiger partial charge on any atom is 0.224 e. The average Bonchev–Trinajstić information content (AvgIpc) is 3.03. The summed E-state index contributed by atoms with van der Waals surface area (Å²) >= 11 is 0. The van der Waals surface area contributed by atoms with Crippen molar-refractivity contribution in [3.05, 3.63) is 35.7 Å². The van der Waals surface area contributed by atoms with Crippen molar-refractivity contribution in [2.75, 3.05) is 31.6 Å². The predicted octanol–water partition coefficient (Wildman–Crippen LogP) is 2.70. The highest BCUT2D eigenvalue weighted by Crippen LogP contribution is 2.18. The minimum absolute atomic E-state index is 0.126. The Kier molecular flexibility index (Phi) is 7.06. The number of nitrogens with two attached hydrogens (primary N) is 1. The zero-order valence-electron chi connectivity index (χ0n) is 16.5. The van der Waals surface area contributed by atoms with Crippen molar-refractivity contribution in [2.24, 2.45) is 12.8 Å². The highest BCUT2D eigenvalue weighted by Gasteiger charge is 2.12. The van der Waals surface area contributed by atoms with Crippen LogP contribution in [0, 0.1) is 0 Å². The van der Waals surface area contributed by atoms with Crippen LogP contribution in [0.15, 0.2) is 24.3 Å². The van der Waals surface area contributed by atoms with E-state index in [9.17, 15) is 0 Å². The number of ether oxygens (including phenoxy) is 1. The van der Waals surface area contributed by atoms with Crippen LogP contribution in [0.5, 0.6) is 5.75 Å². The number of piperidine rings is 1. The van der Waals surface area contributed by atoms with Crippen LogP contribution in [0.25, 0.3) is 0 Å². The highest BCUT2D eigenvalue weighted by atomic mass is 16.5. The van der Waals surface area contributed by atoms with E-state index >= 15 is 0 Å². The Morgan fingerprint density at radius 3 is 2.78 bits per heavy atom. The van der Waals surface area contributed by atoms with Crippen LogP contribution >= 0.6 is 0 Å². The third kappa shape index (κ3) is 5.68. The molecular weight excluding hydrogens is 340 g/mol. The monoisotopic (exact) mass is 372 g/mol. The maximum atomic E-state index is 5.93. The maximum absolute atomic E-state index is 5.93. The lowest BCUT2D eigenvalue weighted by Crippen LogP contribution is -2.29. The minimum Gasteiger partial charge on any atom is -0.494 e. The molecule has 0 bridgehead atoms. The zero-order chi connectivity index (χ0) is 19.1. The number of aromatic nitrogens is 3. The number of likely N-dealkylation sites (tertiary alicyclic amines) is 1. The minimum atomic E-state index is -0.126. The first-order valence-electron chi connectivity index (χ1n) is 9.96. The van der Waals surface area contributed by atoms with Gasteiger partial charge in [-0.3, -0.25) is 9.47 Å². The Morgan fingerprint density at radius 2 is 2.04 bits per heavy atom. The van der Waals surface area contributed by atoms with Gasteiger partial charge in [-0.25, -0.2) is 0 Å². The zero-order valence-corrected chi connectivity index (χ0v) is 16.5. The predicted molar refractivity (Wildman–Crippen MR) is 108 cm³/mol. The van der Waals surface area contributed by atoms with Crippen LogP contribution in [0.2, 0.25) is 0 Å². The van der Waals surface area contributed by atoms with Crippen LogP contribution in [0.1, 0.15) is 50.0 Å². The molecule has 0 spiro atoms. The molecule has 3 N–H and O–H groups in total. The Labute approximate surface area is 161 Å². The van der Waals surface area contributed by atoms with Crippen molar-refractivity contribution in [1.82, 2.24) is 19.7 Å². The molecule has 1 atom stereocenters. The van der Waals surface area contributed by atoms with E-state index in [1.807, 2.05) is 24.6 Å². The molecule has 1 aromatic heterocycles. The van der Waals surface area contributed by atoms with Crippen LogP contribution in [-0.2, 0) is 13.6 Å². The molecule has 1 saturated heterocycles. The Morgan fingerprint density at radius 1 is 1.22 bits per heavy atom. The fourth-order valence-electron chi connectivity index (χ4n) is 3.46. The van der Waals surface area contributed by atoms with Crippen molar-refractivity contribution < 1.29 is 4.74 Å². The van der Waals surface area contributed by atoms with Gasteiger partial charge in [-0.05, 0) is 57.0 Å². The lowest BCUT2D eigenvalue weighted by Gasteiger charge is -2.26. The average molecular weight is 373 g/mol. The fourth-order valence-corrected chi connectivity index (χ4v) is 3.46. The number of hydrogen-bond acceptors (Lipinski definition) is 6. The van der Waals surface area contributed by atoms with Gasteiger partial charge in [0.25, 0.3) is 0 Å². The first kappa shape index (κ1) is 19.6. The lowest BCUT2D eigenvalue weighted by molar-refractivity contribution is 0.220. The number of hydrogen-bond donors (Lipinski definition) is 2. The van der Waals surface area contributed by atoms with E-state index in [-0.39, 0.29) is 6.04 Å². The molecule has 1 fully saturated rings. The Balaban J connectivity index is 1.39. The van der Waals surface area contributed by atoms with Gasteiger partial charge in [-0.2, -0.15) is 0 Å². The first-order chi connectivity index (χ1) is 13.1. The van der Waals surface area contributed by atoms with Gasteiger partial charge in [0.05, 0.1) is 12.6 Å². The summed E-state index contributed by atoms with van der Waals surface area (Å²) in [6.45, 7) is 6.79. The molecule has 1 aromatic carbocycles. The summed E-state index contributed by atoms with van der Waals surface area (Å²) in [5.74, 6) is 2.47.